The summed E-state index contributed by atoms with van der Waals surface area (Å²) in [4.78, 5) is 21.9. The Morgan fingerprint density at radius 1 is 1.29 bits per heavy atom. The Hall–Kier alpha value is -3.17. The van der Waals surface area contributed by atoms with Crippen molar-refractivity contribution in [2.24, 2.45) is 0 Å². The molecule has 1 aromatic heterocycles. The first-order valence-corrected chi connectivity index (χ1v) is 5.85. The molecule has 0 saturated carbocycles. The van der Waals surface area contributed by atoms with Gasteiger partial charge in [-0.2, -0.15) is 5.21 Å². The number of carbonyl (C=O) groups excluding carboxylic acids is 1. The van der Waals surface area contributed by atoms with E-state index in [0.717, 1.165) is 0 Å². The number of anilines is 1. The predicted octanol–water partition coefficient (Wildman–Crippen LogP) is -0.0152. The molecule has 0 radical (unpaired) electrons. The van der Waals surface area contributed by atoms with Gasteiger partial charge in [0.1, 0.15) is 5.75 Å². The minimum atomic E-state index is -1.06. The van der Waals surface area contributed by atoms with E-state index in [1.807, 2.05) is 0 Å². The Balaban J connectivity index is 1.79. The lowest BCUT2D eigenvalue weighted by Crippen LogP contribution is -2.28. The summed E-state index contributed by atoms with van der Waals surface area (Å²) in [6.07, 6.45) is 0. The molecule has 0 bridgehead atoms. The highest BCUT2D eigenvalue weighted by Crippen LogP contribution is 2.15. The summed E-state index contributed by atoms with van der Waals surface area (Å²) in [5.74, 6) is -0.296. The summed E-state index contributed by atoms with van der Waals surface area (Å²) in [6.45, 7) is -0.278. The number of hydrogen-bond donors (Lipinski definition) is 4. The number of rotatable bonds is 6. The monoisotopic (exact) mass is 292 g/mol. The molecule has 2 aromatic rings. The normalized spacial score (nSPS) is 9.90. The number of amides is 2. The predicted molar refractivity (Wildman–Crippen MR) is 69.6 cm³/mol. The zero-order chi connectivity index (χ0) is 15.1. The minimum Gasteiger partial charge on any atom is -0.482 e. The van der Waals surface area contributed by atoms with Crippen LogP contribution in [0.1, 0.15) is 5.82 Å². The van der Waals surface area contributed by atoms with Gasteiger partial charge in [-0.15, -0.1) is 10.2 Å². The minimum absolute atomic E-state index is 0.141. The van der Waals surface area contributed by atoms with Crippen molar-refractivity contribution in [1.29, 1.82) is 0 Å². The van der Waals surface area contributed by atoms with E-state index in [2.05, 4.69) is 31.3 Å². The highest BCUT2D eigenvalue weighted by atomic mass is 16.5. The molecule has 0 aliphatic rings. The van der Waals surface area contributed by atoms with Crippen LogP contribution in [0.25, 0.3) is 0 Å². The standard InChI is InChI=1S/C11H12N6O4/c18-10(19)6-21-8-3-1-7(2-4-8)13-11(20)12-5-9-14-16-17-15-9/h1-4H,5-6H2,(H,18,19)(H2,12,13,20)(H,14,15,16,17). The van der Waals surface area contributed by atoms with Crippen LogP contribution < -0.4 is 15.4 Å². The molecule has 21 heavy (non-hydrogen) atoms. The van der Waals surface area contributed by atoms with E-state index in [0.29, 0.717) is 17.3 Å². The average Bonchev–Trinajstić information content (AvgIpc) is 2.98. The number of aromatic nitrogens is 4. The summed E-state index contributed by atoms with van der Waals surface area (Å²) in [5.41, 5.74) is 0.531. The van der Waals surface area contributed by atoms with E-state index in [-0.39, 0.29) is 6.54 Å². The fraction of sp³-hybridized carbons (Fsp3) is 0.182. The number of urea groups is 1. The van der Waals surface area contributed by atoms with Gasteiger partial charge in [0.15, 0.2) is 12.4 Å². The number of tetrazole rings is 1. The maximum Gasteiger partial charge on any atom is 0.341 e. The maximum atomic E-state index is 11.6. The molecule has 1 aromatic carbocycles. The molecule has 2 amide bonds. The van der Waals surface area contributed by atoms with Gasteiger partial charge in [0.05, 0.1) is 6.54 Å². The van der Waals surface area contributed by atoms with Gasteiger partial charge in [-0.3, -0.25) is 0 Å². The lowest BCUT2D eigenvalue weighted by atomic mass is 10.3. The summed E-state index contributed by atoms with van der Waals surface area (Å²) < 4.78 is 4.97. The van der Waals surface area contributed by atoms with Crippen molar-refractivity contribution < 1.29 is 19.4 Å². The molecule has 10 nitrogen and oxygen atoms in total. The number of H-pyrrole nitrogens is 1. The molecule has 4 N–H and O–H groups in total. The summed E-state index contributed by atoms with van der Waals surface area (Å²) in [7, 11) is 0. The van der Waals surface area contributed by atoms with Crippen molar-refractivity contribution in [3.8, 4) is 5.75 Å². The highest BCUT2D eigenvalue weighted by molar-refractivity contribution is 5.89. The largest absolute Gasteiger partial charge is 0.482 e. The van der Waals surface area contributed by atoms with Gasteiger partial charge < -0.3 is 20.5 Å². The first-order valence-electron chi connectivity index (χ1n) is 5.85. The van der Waals surface area contributed by atoms with E-state index in [1.54, 1.807) is 24.3 Å². The third-order valence-corrected chi connectivity index (χ3v) is 2.27. The van der Waals surface area contributed by atoms with Crippen molar-refractivity contribution in [1.82, 2.24) is 25.9 Å². The van der Waals surface area contributed by atoms with Gasteiger partial charge in [0, 0.05) is 5.69 Å². The van der Waals surface area contributed by atoms with Crippen LogP contribution in [0.2, 0.25) is 0 Å². The van der Waals surface area contributed by atoms with Crippen molar-refractivity contribution in [3.05, 3.63) is 30.1 Å². The number of carboxylic acids is 1. The topological polar surface area (TPSA) is 142 Å². The number of aliphatic carboxylic acids is 1. The van der Waals surface area contributed by atoms with Gasteiger partial charge in [0.25, 0.3) is 0 Å². The molecular weight excluding hydrogens is 280 g/mol. The van der Waals surface area contributed by atoms with Crippen LogP contribution in [0, 0.1) is 0 Å². The van der Waals surface area contributed by atoms with Crippen LogP contribution in [0.5, 0.6) is 5.75 Å². The van der Waals surface area contributed by atoms with Crippen molar-refractivity contribution in [2.45, 2.75) is 6.54 Å². The summed E-state index contributed by atoms with van der Waals surface area (Å²) >= 11 is 0. The summed E-state index contributed by atoms with van der Waals surface area (Å²) in [6, 6.07) is 5.85. The number of aromatic amines is 1. The second-order valence-corrected chi connectivity index (χ2v) is 3.84. The van der Waals surface area contributed by atoms with Crippen LogP contribution in [0.15, 0.2) is 24.3 Å². The molecule has 0 unspecified atom stereocenters. The van der Waals surface area contributed by atoms with E-state index in [9.17, 15) is 9.59 Å². The Morgan fingerprint density at radius 2 is 2.05 bits per heavy atom. The zero-order valence-corrected chi connectivity index (χ0v) is 10.7. The number of carboxylic acid groups (broad SMARTS) is 1. The van der Waals surface area contributed by atoms with E-state index in [4.69, 9.17) is 9.84 Å². The summed E-state index contributed by atoms with van der Waals surface area (Å²) in [5, 5.41) is 26.6. The van der Waals surface area contributed by atoms with Gasteiger partial charge in [-0.05, 0) is 24.3 Å². The van der Waals surface area contributed by atoms with E-state index >= 15 is 0 Å². The van der Waals surface area contributed by atoms with Gasteiger partial charge in [0.2, 0.25) is 0 Å². The van der Waals surface area contributed by atoms with Crippen molar-refractivity contribution in [2.75, 3.05) is 11.9 Å². The average molecular weight is 292 g/mol. The SMILES string of the molecule is O=C(O)COc1ccc(NC(=O)NCc2nn[nH]n2)cc1. The highest BCUT2D eigenvalue weighted by Gasteiger charge is 2.04. The Bertz CT molecular complexity index is 598. The molecule has 2 rings (SSSR count). The molecule has 0 atom stereocenters. The van der Waals surface area contributed by atoms with Crippen LogP contribution >= 0.6 is 0 Å². The Labute approximate surface area is 118 Å². The second kappa shape index (κ2) is 6.84. The lowest BCUT2D eigenvalue weighted by molar-refractivity contribution is -0.139. The van der Waals surface area contributed by atoms with Crippen LogP contribution in [0.3, 0.4) is 0 Å². The van der Waals surface area contributed by atoms with E-state index < -0.39 is 18.6 Å². The third-order valence-electron chi connectivity index (χ3n) is 2.27. The van der Waals surface area contributed by atoms with Gasteiger partial charge in [-0.1, -0.05) is 5.21 Å². The van der Waals surface area contributed by atoms with E-state index in [1.165, 1.54) is 0 Å². The number of ether oxygens (including phenoxy) is 1. The first-order chi connectivity index (χ1) is 10.1. The maximum absolute atomic E-state index is 11.6. The molecule has 0 spiro atoms. The number of carbonyl (C=O) groups is 2. The van der Waals surface area contributed by atoms with Gasteiger partial charge in [-0.25, -0.2) is 9.59 Å². The quantitative estimate of drug-likeness (QED) is 0.586. The zero-order valence-electron chi connectivity index (χ0n) is 10.7. The number of hydrogen-bond acceptors (Lipinski definition) is 6. The Kier molecular flexibility index (Phi) is 4.64. The fourth-order valence-electron chi connectivity index (χ4n) is 1.37. The molecule has 1 heterocycles. The van der Waals surface area contributed by atoms with Crippen molar-refractivity contribution in [3.63, 3.8) is 0 Å². The molecule has 0 fully saturated rings. The number of benzene rings is 1. The molecular formula is C11H12N6O4. The molecule has 10 heteroatoms. The first kappa shape index (κ1) is 14.2. The Morgan fingerprint density at radius 3 is 2.67 bits per heavy atom. The number of nitrogens with one attached hydrogen (secondary N) is 3. The molecule has 0 aliphatic carbocycles. The molecule has 110 valence electrons. The second-order valence-electron chi connectivity index (χ2n) is 3.84. The molecule has 0 saturated heterocycles. The number of nitrogens with zero attached hydrogens (tertiary/aromatic N) is 3. The van der Waals surface area contributed by atoms with Crippen LogP contribution in [0.4, 0.5) is 10.5 Å². The smallest absolute Gasteiger partial charge is 0.341 e. The molecule has 0 aliphatic heterocycles. The lowest BCUT2D eigenvalue weighted by Gasteiger charge is -2.07. The van der Waals surface area contributed by atoms with Crippen LogP contribution in [-0.2, 0) is 11.3 Å². The third kappa shape index (κ3) is 4.78. The fourth-order valence-corrected chi connectivity index (χ4v) is 1.37. The van der Waals surface area contributed by atoms with Crippen molar-refractivity contribution >= 4 is 17.7 Å². The van der Waals surface area contributed by atoms with Gasteiger partial charge >= 0.3 is 12.0 Å². The van der Waals surface area contributed by atoms with Crippen LogP contribution in [-0.4, -0.2) is 44.3 Å².